The van der Waals surface area contributed by atoms with Crippen LogP contribution in [-0.4, -0.2) is 22.7 Å². The number of aliphatic hydroxyl groups is 1. The molecule has 1 unspecified atom stereocenters. The number of nitrogens with zero attached hydrogens (tertiary/aromatic N) is 1. The number of rotatable bonds is 5. The number of hydrogen-bond donors (Lipinski definition) is 2. The van der Waals surface area contributed by atoms with Crippen molar-refractivity contribution in [3.63, 3.8) is 0 Å². The first-order valence-electron chi connectivity index (χ1n) is 6.17. The van der Waals surface area contributed by atoms with Gasteiger partial charge < -0.3 is 10.4 Å². The van der Waals surface area contributed by atoms with Crippen molar-refractivity contribution < 1.29 is 18.8 Å². The summed E-state index contributed by atoms with van der Waals surface area (Å²) >= 11 is 0. The molecule has 1 aromatic rings. The number of non-ortho nitro benzene ring substituents is 1. The third kappa shape index (κ3) is 3.86. The van der Waals surface area contributed by atoms with E-state index in [0.717, 1.165) is 0 Å². The molecule has 0 aromatic heterocycles. The van der Waals surface area contributed by atoms with Crippen LogP contribution >= 0.6 is 0 Å². The Balaban J connectivity index is 3.11. The topological polar surface area (TPSA) is 75.4 Å². The second kappa shape index (κ2) is 6.13. The van der Waals surface area contributed by atoms with E-state index in [9.17, 15) is 18.9 Å². The van der Waals surface area contributed by atoms with E-state index < -0.39 is 27.9 Å². The Morgan fingerprint density at radius 3 is 2.20 bits per heavy atom. The molecule has 112 valence electrons. The van der Waals surface area contributed by atoms with Gasteiger partial charge in [0.15, 0.2) is 11.6 Å². The lowest BCUT2D eigenvalue weighted by Gasteiger charge is -2.32. The molecule has 1 rings (SSSR count). The first-order valence-corrected chi connectivity index (χ1v) is 6.17. The summed E-state index contributed by atoms with van der Waals surface area (Å²) in [7, 11) is 0. The fourth-order valence-electron chi connectivity index (χ4n) is 1.83. The van der Waals surface area contributed by atoms with Gasteiger partial charge in [-0.1, -0.05) is 20.8 Å². The molecule has 7 heteroatoms. The zero-order valence-electron chi connectivity index (χ0n) is 11.6. The predicted octanol–water partition coefficient (Wildman–Crippen LogP) is 3.08. The number of nitrogens with one attached hydrogen (secondary N) is 1. The molecule has 0 bridgehead atoms. The molecule has 1 atom stereocenters. The van der Waals surface area contributed by atoms with E-state index in [1.165, 1.54) is 0 Å². The van der Waals surface area contributed by atoms with Crippen molar-refractivity contribution in [1.82, 2.24) is 0 Å². The molecule has 0 heterocycles. The van der Waals surface area contributed by atoms with Gasteiger partial charge in [0.25, 0.3) is 5.69 Å². The minimum atomic E-state index is -1.02. The Labute approximate surface area is 115 Å². The first kappa shape index (κ1) is 16.3. The summed E-state index contributed by atoms with van der Waals surface area (Å²) < 4.78 is 27.6. The second-order valence-electron chi connectivity index (χ2n) is 5.62. The second-order valence-corrected chi connectivity index (χ2v) is 5.62. The highest BCUT2D eigenvalue weighted by atomic mass is 19.1. The molecule has 0 radical (unpaired) electrons. The van der Waals surface area contributed by atoms with Crippen LogP contribution < -0.4 is 5.32 Å². The SMILES string of the molecule is CC(C)(C)C(CCO)Nc1c(F)cc([N+](=O)[O-])cc1F. The Morgan fingerprint density at radius 1 is 1.35 bits per heavy atom. The molecule has 1 aromatic carbocycles. The highest BCUT2D eigenvalue weighted by Gasteiger charge is 2.27. The summed E-state index contributed by atoms with van der Waals surface area (Å²) in [4.78, 5) is 9.66. The normalized spacial score (nSPS) is 13.1. The van der Waals surface area contributed by atoms with E-state index in [0.29, 0.717) is 18.6 Å². The summed E-state index contributed by atoms with van der Waals surface area (Å²) in [6.45, 7) is 5.45. The van der Waals surface area contributed by atoms with Gasteiger partial charge >= 0.3 is 0 Å². The van der Waals surface area contributed by atoms with Crippen LogP contribution in [-0.2, 0) is 0 Å². The van der Waals surface area contributed by atoms with Crippen molar-refractivity contribution in [3.05, 3.63) is 33.9 Å². The molecule has 2 N–H and O–H groups in total. The van der Waals surface area contributed by atoms with E-state index in [2.05, 4.69) is 5.32 Å². The minimum absolute atomic E-state index is 0.134. The van der Waals surface area contributed by atoms with Gasteiger partial charge in [0.2, 0.25) is 0 Å². The number of aliphatic hydroxyl groups excluding tert-OH is 1. The lowest BCUT2D eigenvalue weighted by molar-refractivity contribution is -0.385. The number of anilines is 1. The van der Waals surface area contributed by atoms with E-state index in [1.807, 2.05) is 20.8 Å². The van der Waals surface area contributed by atoms with Gasteiger partial charge in [-0.25, -0.2) is 8.78 Å². The molecule has 0 saturated carbocycles. The Bertz CT molecular complexity index is 478. The quantitative estimate of drug-likeness (QED) is 0.645. The smallest absolute Gasteiger partial charge is 0.275 e. The molecule has 20 heavy (non-hydrogen) atoms. The average molecular weight is 288 g/mol. The van der Waals surface area contributed by atoms with Gasteiger partial charge in [-0.05, 0) is 11.8 Å². The number of benzene rings is 1. The molecule has 0 saturated heterocycles. The third-order valence-electron chi connectivity index (χ3n) is 3.02. The van der Waals surface area contributed by atoms with Crippen molar-refractivity contribution >= 4 is 11.4 Å². The third-order valence-corrected chi connectivity index (χ3v) is 3.02. The molecular weight excluding hydrogens is 270 g/mol. The lowest BCUT2D eigenvalue weighted by atomic mass is 9.84. The van der Waals surface area contributed by atoms with Crippen LogP contribution in [0.25, 0.3) is 0 Å². The van der Waals surface area contributed by atoms with E-state index >= 15 is 0 Å². The van der Waals surface area contributed by atoms with Crippen LogP contribution in [0.1, 0.15) is 27.2 Å². The Kier molecular flexibility index (Phi) is 4.99. The maximum Gasteiger partial charge on any atom is 0.275 e. The molecule has 0 aliphatic carbocycles. The first-order chi connectivity index (χ1) is 9.16. The average Bonchev–Trinajstić information content (AvgIpc) is 2.30. The van der Waals surface area contributed by atoms with Gasteiger partial charge in [0.1, 0.15) is 5.69 Å². The van der Waals surface area contributed by atoms with E-state index in [-0.39, 0.29) is 18.1 Å². The maximum atomic E-state index is 13.8. The molecular formula is C13H18F2N2O3. The Morgan fingerprint density at radius 2 is 1.85 bits per heavy atom. The van der Waals surface area contributed by atoms with Gasteiger partial charge in [0.05, 0.1) is 17.1 Å². The van der Waals surface area contributed by atoms with E-state index in [4.69, 9.17) is 5.11 Å². The van der Waals surface area contributed by atoms with Gasteiger partial charge in [-0.3, -0.25) is 10.1 Å². The highest BCUT2D eigenvalue weighted by Crippen LogP contribution is 2.30. The van der Waals surface area contributed by atoms with Crippen LogP contribution in [0.3, 0.4) is 0 Å². The van der Waals surface area contributed by atoms with Crippen molar-refractivity contribution in [3.8, 4) is 0 Å². The Hall–Kier alpha value is -1.76. The zero-order chi connectivity index (χ0) is 15.5. The van der Waals surface area contributed by atoms with Crippen molar-refractivity contribution in [1.29, 1.82) is 0 Å². The largest absolute Gasteiger partial charge is 0.396 e. The highest BCUT2D eigenvalue weighted by molar-refractivity contribution is 5.52. The minimum Gasteiger partial charge on any atom is -0.396 e. The fraction of sp³-hybridized carbons (Fsp3) is 0.538. The van der Waals surface area contributed by atoms with Crippen molar-refractivity contribution in [2.24, 2.45) is 5.41 Å². The summed E-state index contributed by atoms with van der Waals surface area (Å²) in [6.07, 6.45) is 0.305. The van der Waals surface area contributed by atoms with Crippen LogP contribution in [0.2, 0.25) is 0 Å². The zero-order valence-corrected chi connectivity index (χ0v) is 11.6. The summed E-state index contributed by atoms with van der Waals surface area (Å²) in [5, 5.41) is 22.2. The van der Waals surface area contributed by atoms with Crippen molar-refractivity contribution in [2.75, 3.05) is 11.9 Å². The number of halogens is 2. The van der Waals surface area contributed by atoms with E-state index in [1.54, 1.807) is 0 Å². The summed E-state index contributed by atoms with van der Waals surface area (Å²) in [5.41, 5.74) is -1.40. The van der Waals surface area contributed by atoms with Crippen LogP contribution in [0.5, 0.6) is 0 Å². The molecule has 0 fully saturated rings. The summed E-state index contributed by atoms with van der Waals surface area (Å²) in [6, 6.07) is 0.965. The summed E-state index contributed by atoms with van der Waals surface area (Å²) in [5.74, 6) is -2.05. The van der Waals surface area contributed by atoms with Crippen LogP contribution in [0, 0.1) is 27.2 Å². The number of hydrogen-bond acceptors (Lipinski definition) is 4. The monoisotopic (exact) mass is 288 g/mol. The van der Waals surface area contributed by atoms with Crippen molar-refractivity contribution in [2.45, 2.75) is 33.2 Å². The van der Waals surface area contributed by atoms with Crippen LogP contribution in [0.4, 0.5) is 20.2 Å². The molecule has 0 spiro atoms. The molecule has 0 aliphatic heterocycles. The fourth-order valence-corrected chi connectivity index (χ4v) is 1.83. The van der Waals surface area contributed by atoms with Gasteiger partial charge in [0, 0.05) is 12.6 Å². The number of nitro benzene ring substituents is 1. The van der Waals surface area contributed by atoms with Gasteiger partial charge in [-0.15, -0.1) is 0 Å². The van der Waals surface area contributed by atoms with Crippen LogP contribution in [0.15, 0.2) is 12.1 Å². The molecule has 5 nitrogen and oxygen atoms in total. The molecule has 0 amide bonds. The number of nitro groups is 1. The maximum absolute atomic E-state index is 13.8. The molecule has 0 aliphatic rings. The predicted molar refractivity (Wildman–Crippen MR) is 71.6 cm³/mol. The van der Waals surface area contributed by atoms with Gasteiger partial charge in [-0.2, -0.15) is 0 Å². The standard InChI is InChI=1S/C13H18F2N2O3/c1-13(2,3)11(4-5-18)16-12-9(14)6-8(17(19)20)7-10(12)15/h6-7,11,16,18H,4-5H2,1-3H3. The lowest BCUT2D eigenvalue weighted by Crippen LogP contribution is -2.35.